The van der Waals surface area contributed by atoms with E-state index in [9.17, 15) is 26.4 Å². The number of methoxy groups -OCH3 is 1. The summed E-state index contributed by atoms with van der Waals surface area (Å²) in [4.78, 5) is 11.7. The van der Waals surface area contributed by atoms with Gasteiger partial charge in [-0.1, -0.05) is 0 Å². The SMILES string of the molecule is COC(=O)c1cc(C)cc2c1CCN2S(=O)(=O)C(F)(F)F. The Morgan fingerprint density at radius 1 is 1.33 bits per heavy atom. The van der Waals surface area contributed by atoms with Gasteiger partial charge < -0.3 is 4.74 Å². The van der Waals surface area contributed by atoms with Crippen LogP contribution >= 0.6 is 0 Å². The van der Waals surface area contributed by atoms with Crippen molar-refractivity contribution < 1.29 is 31.1 Å². The molecule has 0 N–H and O–H groups in total. The smallest absolute Gasteiger partial charge is 0.465 e. The van der Waals surface area contributed by atoms with Crippen molar-refractivity contribution in [2.24, 2.45) is 0 Å². The second-order valence-electron chi connectivity index (χ2n) is 4.57. The number of aryl methyl sites for hydroxylation is 1. The first-order valence-electron chi connectivity index (χ1n) is 5.90. The van der Waals surface area contributed by atoms with Crippen molar-refractivity contribution >= 4 is 21.7 Å². The molecule has 1 heterocycles. The summed E-state index contributed by atoms with van der Waals surface area (Å²) in [5.74, 6) is -0.707. The van der Waals surface area contributed by atoms with Gasteiger partial charge in [0.25, 0.3) is 0 Å². The van der Waals surface area contributed by atoms with E-state index >= 15 is 0 Å². The predicted molar refractivity (Wildman–Crippen MR) is 68.5 cm³/mol. The third kappa shape index (κ3) is 2.45. The first-order chi connectivity index (χ1) is 9.59. The Hall–Kier alpha value is -1.77. The lowest BCUT2D eigenvalue weighted by Gasteiger charge is -2.21. The minimum atomic E-state index is -5.47. The molecule has 1 aliphatic heterocycles. The van der Waals surface area contributed by atoms with E-state index in [0.717, 1.165) is 7.11 Å². The van der Waals surface area contributed by atoms with Gasteiger partial charge in [0.2, 0.25) is 0 Å². The summed E-state index contributed by atoms with van der Waals surface area (Å²) in [6.07, 6.45) is 0.0232. The highest BCUT2D eigenvalue weighted by molar-refractivity contribution is 7.93. The summed E-state index contributed by atoms with van der Waals surface area (Å²) < 4.78 is 66.0. The number of carbonyl (C=O) groups excluding carboxylic acids is 1. The predicted octanol–water partition coefficient (Wildman–Crippen LogP) is 1.99. The van der Waals surface area contributed by atoms with Gasteiger partial charge in [-0.2, -0.15) is 21.6 Å². The van der Waals surface area contributed by atoms with Gasteiger partial charge in [-0.05, 0) is 36.6 Å². The van der Waals surface area contributed by atoms with Crippen LogP contribution in [0.5, 0.6) is 0 Å². The van der Waals surface area contributed by atoms with E-state index in [-0.39, 0.29) is 29.8 Å². The molecular weight excluding hydrogens is 311 g/mol. The summed E-state index contributed by atoms with van der Waals surface area (Å²) in [5, 5.41) is 0. The van der Waals surface area contributed by atoms with Crippen LogP contribution in [-0.2, 0) is 21.2 Å². The van der Waals surface area contributed by atoms with E-state index in [1.54, 1.807) is 6.92 Å². The maximum Gasteiger partial charge on any atom is 0.516 e. The fraction of sp³-hybridized carbons (Fsp3) is 0.417. The van der Waals surface area contributed by atoms with Crippen LogP contribution in [0.15, 0.2) is 12.1 Å². The molecule has 1 aromatic carbocycles. The van der Waals surface area contributed by atoms with Crippen LogP contribution in [-0.4, -0.2) is 33.5 Å². The molecule has 2 rings (SSSR count). The Morgan fingerprint density at radius 3 is 2.48 bits per heavy atom. The third-order valence-electron chi connectivity index (χ3n) is 3.19. The van der Waals surface area contributed by atoms with Crippen LogP contribution < -0.4 is 4.31 Å². The largest absolute Gasteiger partial charge is 0.516 e. The van der Waals surface area contributed by atoms with Crippen molar-refractivity contribution in [1.82, 2.24) is 0 Å². The number of rotatable bonds is 2. The molecule has 0 saturated heterocycles. The minimum absolute atomic E-state index is 0.0232. The van der Waals surface area contributed by atoms with Crippen molar-refractivity contribution in [2.45, 2.75) is 18.9 Å². The number of fused-ring (bicyclic) bond motifs is 1. The van der Waals surface area contributed by atoms with E-state index in [0.29, 0.717) is 9.87 Å². The summed E-state index contributed by atoms with van der Waals surface area (Å²) in [5.41, 5.74) is -4.69. The molecule has 116 valence electrons. The van der Waals surface area contributed by atoms with E-state index < -0.39 is 21.5 Å². The highest BCUT2D eigenvalue weighted by Gasteiger charge is 2.51. The minimum Gasteiger partial charge on any atom is -0.465 e. The number of anilines is 1. The molecule has 0 unspecified atom stereocenters. The van der Waals surface area contributed by atoms with Gasteiger partial charge >= 0.3 is 21.5 Å². The average molecular weight is 323 g/mol. The number of alkyl halides is 3. The number of sulfonamides is 1. The van der Waals surface area contributed by atoms with Crippen molar-refractivity contribution in [3.8, 4) is 0 Å². The van der Waals surface area contributed by atoms with Gasteiger partial charge in [0.15, 0.2) is 0 Å². The maximum absolute atomic E-state index is 12.7. The quantitative estimate of drug-likeness (QED) is 0.781. The van der Waals surface area contributed by atoms with Gasteiger partial charge in [0.1, 0.15) is 0 Å². The number of ether oxygens (including phenoxy) is 1. The van der Waals surface area contributed by atoms with E-state index in [4.69, 9.17) is 0 Å². The van der Waals surface area contributed by atoms with Crippen molar-refractivity contribution in [2.75, 3.05) is 18.0 Å². The maximum atomic E-state index is 12.7. The van der Waals surface area contributed by atoms with Gasteiger partial charge in [0, 0.05) is 6.54 Å². The highest BCUT2D eigenvalue weighted by atomic mass is 32.2. The molecule has 9 heteroatoms. The van der Waals surface area contributed by atoms with Gasteiger partial charge in [-0.25, -0.2) is 4.79 Å². The van der Waals surface area contributed by atoms with Gasteiger partial charge in [-0.3, -0.25) is 4.31 Å². The van der Waals surface area contributed by atoms with Crippen LogP contribution in [0.2, 0.25) is 0 Å². The summed E-state index contributed by atoms with van der Waals surface area (Å²) in [6.45, 7) is 1.20. The molecule has 1 aromatic rings. The molecule has 5 nitrogen and oxygen atoms in total. The number of benzene rings is 1. The monoisotopic (exact) mass is 323 g/mol. The molecule has 0 radical (unpaired) electrons. The Bertz CT molecular complexity index is 697. The lowest BCUT2D eigenvalue weighted by molar-refractivity contribution is -0.0437. The Kier molecular flexibility index (Phi) is 3.64. The standard InChI is InChI=1S/C12H12F3NO4S/c1-7-5-9(11(17)20-2)8-3-4-16(10(8)6-7)21(18,19)12(13,14)15/h5-6H,3-4H2,1-2H3. The molecule has 0 bridgehead atoms. The van der Waals surface area contributed by atoms with Crippen LogP contribution in [0.25, 0.3) is 0 Å². The van der Waals surface area contributed by atoms with Crippen molar-refractivity contribution in [3.05, 3.63) is 28.8 Å². The zero-order chi connectivity index (χ0) is 16.0. The molecule has 0 spiro atoms. The normalized spacial score (nSPS) is 15.0. The molecule has 0 aromatic heterocycles. The molecule has 0 aliphatic carbocycles. The molecule has 0 fully saturated rings. The van der Waals surface area contributed by atoms with E-state index in [1.165, 1.54) is 12.1 Å². The molecular formula is C12H12F3NO4S. The Labute approximate surface area is 119 Å². The molecule has 0 saturated carbocycles. The molecule has 1 aliphatic rings. The summed E-state index contributed by atoms with van der Waals surface area (Å²) in [7, 11) is -4.33. The van der Waals surface area contributed by atoms with Gasteiger partial charge in [-0.15, -0.1) is 0 Å². The van der Waals surface area contributed by atoms with Crippen LogP contribution in [0.3, 0.4) is 0 Å². The van der Waals surface area contributed by atoms with Crippen LogP contribution in [0, 0.1) is 6.92 Å². The lowest BCUT2D eigenvalue weighted by Crippen LogP contribution is -2.39. The number of carbonyl (C=O) groups is 1. The average Bonchev–Trinajstić information content (AvgIpc) is 2.79. The first kappa shape index (κ1) is 15.6. The lowest BCUT2D eigenvalue weighted by atomic mass is 10.0. The number of hydrogen-bond acceptors (Lipinski definition) is 4. The van der Waals surface area contributed by atoms with Crippen LogP contribution in [0.1, 0.15) is 21.5 Å². The zero-order valence-corrected chi connectivity index (χ0v) is 12.0. The second kappa shape index (κ2) is 4.90. The topological polar surface area (TPSA) is 63.7 Å². The van der Waals surface area contributed by atoms with Crippen LogP contribution in [0.4, 0.5) is 18.9 Å². The molecule has 0 atom stereocenters. The van der Waals surface area contributed by atoms with E-state index in [1.807, 2.05) is 0 Å². The van der Waals surface area contributed by atoms with Crippen molar-refractivity contribution in [1.29, 1.82) is 0 Å². The first-order valence-corrected chi connectivity index (χ1v) is 7.34. The van der Waals surface area contributed by atoms with Crippen molar-refractivity contribution in [3.63, 3.8) is 0 Å². The molecule has 21 heavy (non-hydrogen) atoms. The Morgan fingerprint density at radius 2 is 1.95 bits per heavy atom. The Balaban J connectivity index is 2.61. The second-order valence-corrected chi connectivity index (χ2v) is 6.43. The summed E-state index contributed by atoms with van der Waals surface area (Å²) >= 11 is 0. The number of hydrogen-bond donors (Lipinski definition) is 0. The molecule has 0 amide bonds. The zero-order valence-electron chi connectivity index (χ0n) is 11.2. The fourth-order valence-corrected chi connectivity index (χ4v) is 3.29. The fourth-order valence-electron chi connectivity index (χ4n) is 2.28. The van der Waals surface area contributed by atoms with Gasteiger partial charge in [0.05, 0.1) is 18.4 Å². The third-order valence-corrected chi connectivity index (χ3v) is 4.74. The number of nitrogens with zero attached hydrogens (tertiary/aromatic N) is 1. The number of esters is 1. The summed E-state index contributed by atoms with van der Waals surface area (Å²) in [6, 6.07) is 2.78. The highest BCUT2D eigenvalue weighted by Crippen LogP contribution is 2.38. The number of halogens is 3. The van der Waals surface area contributed by atoms with E-state index in [2.05, 4.69) is 4.74 Å².